The van der Waals surface area contributed by atoms with Crippen molar-refractivity contribution in [3.63, 3.8) is 0 Å². The molecule has 3 unspecified atom stereocenters. The van der Waals surface area contributed by atoms with Crippen molar-refractivity contribution >= 4 is 29.3 Å². The molecule has 0 bridgehead atoms. The van der Waals surface area contributed by atoms with Gasteiger partial charge in [-0.1, -0.05) is 66.2 Å². The summed E-state index contributed by atoms with van der Waals surface area (Å²) in [6, 6.07) is 0. The molecule has 0 aliphatic carbocycles. The van der Waals surface area contributed by atoms with E-state index >= 15 is 0 Å². The van der Waals surface area contributed by atoms with Crippen LogP contribution >= 0.6 is 17.5 Å². The molecular formula is C16H34OPS2+. The lowest BCUT2D eigenvalue weighted by molar-refractivity contribution is 0.263. The summed E-state index contributed by atoms with van der Waals surface area (Å²) in [5, 5.41) is 0. The maximum atomic E-state index is 5.93. The van der Waals surface area contributed by atoms with Gasteiger partial charge in [0.05, 0.1) is 0 Å². The highest BCUT2D eigenvalue weighted by Crippen LogP contribution is 2.42. The first-order valence-corrected chi connectivity index (χ1v) is 12.3. The Morgan fingerprint density at radius 3 is 2.00 bits per heavy atom. The van der Waals surface area contributed by atoms with Crippen molar-refractivity contribution in [1.82, 2.24) is 0 Å². The number of unbranched alkanes of at least 4 members (excludes halogenated alkanes) is 2. The second-order valence-corrected chi connectivity index (χ2v) is 10.4. The van der Waals surface area contributed by atoms with Gasteiger partial charge in [0.2, 0.25) is 11.8 Å². The smallest absolute Gasteiger partial charge is 0.158 e. The molecule has 120 valence electrons. The Morgan fingerprint density at radius 1 is 0.950 bits per heavy atom. The molecule has 20 heavy (non-hydrogen) atoms. The summed E-state index contributed by atoms with van der Waals surface area (Å²) >= 11 is 7.39. The molecule has 0 saturated carbocycles. The van der Waals surface area contributed by atoms with Crippen molar-refractivity contribution in [1.29, 1.82) is 0 Å². The Hall–Kier alpha value is 0.830. The maximum absolute atomic E-state index is 5.93. The number of rotatable bonds is 14. The zero-order valence-corrected chi connectivity index (χ0v) is 16.4. The van der Waals surface area contributed by atoms with E-state index in [2.05, 4.69) is 27.7 Å². The Balaban J connectivity index is 3.80. The molecule has 0 aromatic carbocycles. The molecule has 0 saturated heterocycles. The minimum atomic E-state index is -0.687. The van der Waals surface area contributed by atoms with E-state index in [-0.39, 0.29) is 0 Å². The molecule has 0 aliphatic rings. The lowest BCUT2D eigenvalue weighted by atomic mass is 10.0. The Bertz CT molecular complexity index is 215. The van der Waals surface area contributed by atoms with E-state index in [0.29, 0.717) is 5.92 Å². The second kappa shape index (κ2) is 14.8. The van der Waals surface area contributed by atoms with E-state index in [1.807, 2.05) is 11.4 Å². The highest BCUT2D eigenvalue weighted by Gasteiger charge is 2.20. The zero-order valence-electron chi connectivity index (χ0n) is 13.9. The van der Waals surface area contributed by atoms with Gasteiger partial charge in [0.15, 0.2) is 0 Å². The fraction of sp³-hybridized carbons (Fsp3) is 1.00. The normalized spacial score (nSPS) is 15.1. The Labute approximate surface area is 137 Å². The van der Waals surface area contributed by atoms with E-state index in [1.54, 1.807) is 0 Å². The molecule has 0 amide bonds. The van der Waals surface area contributed by atoms with Crippen LogP contribution in [0.25, 0.3) is 0 Å². The lowest BCUT2D eigenvalue weighted by Crippen LogP contribution is -2.06. The van der Waals surface area contributed by atoms with E-state index < -0.39 is 6.13 Å². The third-order valence-electron chi connectivity index (χ3n) is 3.92. The van der Waals surface area contributed by atoms with Gasteiger partial charge < -0.3 is 0 Å². The summed E-state index contributed by atoms with van der Waals surface area (Å²) < 4.78 is 5.93. The van der Waals surface area contributed by atoms with Crippen molar-refractivity contribution < 1.29 is 4.52 Å². The number of hydrogen-bond acceptors (Lipinski definition) is 3. The predicted octanol–water partition coefficient (Wildman–Crippen LogP) is 6.94. The van der Waals surface area contributed by atoms with Crippen LogP contribution in [0.1, 0.15) is 79.1 Å². The minimum Gasteiger partial charge on any atom is -0.158 e. The highest BCUT2D eigenvalue weighted by atomic mass is 32.9. The van der Waals surface area contributed by atoms with Crippen LogP contribution < -0.4 is 0 Å². The van der Waals surface area contributed by atoms with Gasteiger partial charge in [-0.2, -0.15) is 4.52 Å². The molecule has 1 nitrogen and oxygen atoms in total. The van der Waals surface area contributed by atoms with E-state index in [4.69, 9.17) is 16.3 Å². The highest BCUT2D eigenvalue weighted by molar-refractivity contribution is 8.62. The first-order chi connectivity index (χ1) is 9.67. The summed E-state index contributed by atoms with van der Waals surface area (Å²) in [5.41, 5.74) is 0. The van der Waals surface area contributed by atoms with Gasteiger partial charge in [0.1, 0.15) is 18.0 Å². The molecule has 0 rings (SSSR count). The fourth-order valence-electron chi connectivity index (χ4n) is 2.17. The monoisotopic (exact) mass is 337 g/mol. The van der Waals surface area contributed by atoms with Gasteiger partial charge in [-0.25, -0.2) is 0 Å². The molecule has 3 atom stereocenters. The van der Waals surface area contributed by atoms with Gasteiger partial charge in [-0.15, -0.1) is 0 Å². The third kappa shape index (κ3) is 11.5. The van der Waals surface area contributed by atoms with Crippen molar-refractivity contribution in [2.24, 2.45) is 11.8 Å². The molecule has 0 radical (unpaired) electrons. The van der Waals surface area contributed by atoms with Crippen LogP contribution in [0.15, 0.2) is 0 Å². The van der Waals surface area contributed by atoms with Crippen molar-refractivity contribution in [2.45, 2.75) is 79.1 Å². The summed E-state index contributed by atoms with van der Waals surface area (Å²) in [5.74, 6) is 2.74. The topological polar surface area (TPSA) is 9.23 Å². The Morgan fingerprint density at radius 2 is 1.50 bits per heavy atom. The molecule has 0 spiro atoms. The van der Waals surface area contributed by atoms with Crippen LogP contribution in [0.5, 0.6) is 0 Å². The van der Waals surface area contributed by atoms with Gasteiger partial charge in [-0.05, 0) is 24.7 Å². The number of hydrogen-bond donors (Lipinski definition) is 0. The molecule has 0 aromatic heterocycles. The molecular weight excluding hydrogens is 303 g/mol. The molecule has 0 heterocycles. The first kappa shape index (κ1) is 20.8. The predicted molar refractivity (Wildman–Crippen MR) is 99.3 cm³/mol. The summed E-state index contributed by atoms with van der Waals surface area (Å²) in [4.78, 5) is 0. The van der Waals surface area contributed by atoms with Gasteiger partial charge in [0.25, 0.3) is 0 Å². The molecule has 0 N–H and O–H groups in total. The van der Waals surface area contributed by atoms with Gasteiger partial charge in [0, 0.05) is 5.75 Å². The van der Waals surface area contributed by atoms with Crippen molar-refractivity contribution in [3.8, 4) is 0 Å². The maximum Gasteiger partial charge on any atom is 0.414 e. The third-order valence-corrected chi connectivity index (χ3v) is 7.77. The van der Waals surface area contributed by atoms with E-state index in [1.165, 1.54) is 57.1 Å². The Kier molecular flexibility index (Phi) is 15.4. The van der Waals surface area contributed by atoms with Crippen LogP contribution in [-0.2, 0) is 16.3 Å². The molecule has 0 aromatic rings. The second-order valence-electron chi connectivity index (χ2n) is 5.65. The largest absolute Gasteiger partial charge is 0.414 e. The lowest BCUT2D eigenvalue weighted by Gasteiger charge is -2.11. The fourth-order valence-corrected chi connectivity index (χ4v) is 5.44. The van der Waals surface area contributed by atoms with Crippen LogP contribution in [0.4, 0.5) is 0 Å². The van der Waals surface area contributed by atoms with Gasteiger partial charge >= 0.3 is 6.13 Å². The quantitative estimate of drug-likeness (QED) is 0.318. The SMILES string of the molecule is CCCCC(CC)CO[P+](=S)SCC(CC)CCCC. The zero-order chi connectivity index (χ0) is 15.2. The summed E-state index contributed by atoms with van der Waals surface area (Å²) in [6.07, 6.45) is 9.71. The molecule has 4 heteroatoms. The first-order valence-electron chi connectivity index (χ1n) is 8.40. The van der Waals surface area contributed by atoms with Gasteiger partial charge in [-0.3, -0.25) is 0 Å². The van der Waals surface area contributed by atoms with E-state index in [9.17, 15) is 0 Å². The van der Waals surface area contributed by atoms with Crippen LogP contribution in [0.3, 0.4) is 0 Å². The van der Waals surface area contributed by atoms with Crippen LogP contribution in [-0.4, -0.2) is 12.4 Å². The molecule has 0 fully saturated rings. The van der Waals surface area contributed by atoms with E-state index in [0.717, 1.165) is 12.5 Å². The van der Waals surface area contributed by atoms with Crippen LogP contribution in [0.2, 0.25) is 0 Å². The van der Waals surface area contributed by atoms with Crippen molar-refractivity contribution in [2.75, 3.05) is 12.4 Å². The van der Waals surface area contributed by atoms with Crippen LogP contribution in [0, 0.1) is 11.8 Å². The summed E-state index contributed by atoms with van der Waals surface area (Å²) in [6.45, 7) is 9.96. The minimum absolute atomic E-state index is 0.687. The average molecular weight is 338 g/mol. The average Bonchev–Trinajstić information content (AvgIpc) is 2.47. The standard InChI is InChI=1S/C16H34OPS2/c1-5-9-11-15(7-3)13-17-18(19)20-14-16(8-4)12-10-6-2/h15-16H,5-14H2,1-4H3/q+1. The molecule has 0 aliphatic heterocycles. The van der Waals surface area contributed by atoms with Crippen molar-refractivity contribution in [3.05, 3.63) is 0 Å². The summed E-state index contributed by atoms with van der Waals surface area (Å²) in [7, 11) is 0.